The lowest BCUT2D eigenvalue weighted by molar-refractivity contribution is -0.272. The molecule has 0 aliphatic rings. The molecule has 2 atom stereocenters. The predicted molar refractivity (Wildman–Crippen MR) is 55.0 cm³/mol. The molecule has 3 N–H and O–H groups in total. The Bertz CT molecular complexity index is 436. The maximum atomic E-state index is 12.8. The lowest BCUT2D eigenvalue weighted by Gasteiger charge is -2.34. The van der Waals surface area contributed by atoms with E-state index in [2.05, 4.69) is 0 Å². The standard InChI is InChI=1S/C11H11F6NO/c1-6(18)9(19,11(15,16)17)7-2-4-8(5-3-7)10(12,13)14/h2-6,19H,18H2,1H3. The number of hydrogen-bond acceptors (Lipinski definition) is 2. The highest BCUT2D eigenvalue weighted by molar-refractivity contribution is 5.31. The van der Waals surface area contributed by atoms with Gasteiger partial charge in [-0.25, -0.2) is 0 Å². The van der Waals surface area contributed by atoms with Crippen molar-refractivity contribution in [1.82, 2.24) is 0 Å². The summed E-state index contributed by atoms with van der Waals surface area (Å²) in [5.41, 5.74) is -0.110. The van der Waals surface area contributed by atoms with Gasteiger partial charge in [0, 0.05) is 6.04 Å². The molecular weight excluding hydrogens is 276 g/mol. The van der Waals surface area contributed by atoms with E-state index < -0.39 is 35.1 Å². The van der Waals surface area contributed by atoms with Crippen molar-refractivity contribution in [2.75, 3.05) is 0 Å². The maximum Gasteiger partial charge on any atom is 0.422 e. The molecule has 1 rings (SSSR count). The van der Waals surface area contributed by atoms with Gasteiger partial charge in [0.1, 0.15) is 0 Å². The van der Waals surface area contributed by atoms with Crippen molar-refractivity contribution in [2.24, 2.45) is 5.73 Å². The zero-order valence-electron chi connectivity index (χ0n) is 9.68. The quantitative estimate of drug-likeness (QED) is 0.822. The van der Waals surface area contributed by atoms with Gasteiger partial charge in [0.2, 0.25) is 5.60 Å². The highest BCUT2D eigenvalue weighted by atomic mass is 19.4. The average Bonchev–Trinajstić information content (AvgIpc) is 2.25. The van der Waals surface area contributed by atoms with E-state index in [0.717, 1.165) is 6.92 Å². The number of nitrogens with two attached hydrogens (primary N) is 1. The van der Waals surface area contributed by atoms with Crippen LogP contribution in [0.25, 0.3) is 0 Å². The largest absolute Gasteiger partial charge is 0.422 e. The van der Waals surface area contributed by atoms with Gasteiger partial charge < -0.3 is 10.8 Å². The first-order valence-corrected chi connectivity index (χ1v) is 5.13. The molecule has 0 bridgehead atoms. The van der Waals surface area contributed by atoms with Crippen molar-refractivity contribution < 1.29 is 31.4 Å². The normalized spacial score (nSPS) is 17.9. The fourth-order valence-electron chi connectivity index (χ4n) is 1.60. The molecule has 1 aromatic carbocycles. The number of hydrogen-bond donors (Lipinski definition) is 2. The minimum absolute atomic E-state index is 0.467. The second-order valence-corrected chi connectivity index (χ2v) is 4.13. The van der Waals surface area contributed by atoms with Crippen molar-refractivity contribution in [3.8, 4) is 0 Å². The summed E-state index contributed by atoms with van der Waals surface area (Å²) in [4.78, 5) is 0. The number of rotatable bonds is 2. The number of aliphatic hydroxyl groups is 1. The van der Waals surface area contributed by atoms with Crippen molar-refractivity contribution in [3.05, 3.63) is 35.4 Å². The van der Waals surface area contributed by atoms with Crippen LogP contribution < -0.4 is 5.73 Å². The van der Waals surface area contributed by atoms with Crippen LogP contribution >= 0.6 is 0 Å². The van der Waals surface area contributed by atoms with Gasteiger partial charge in [0.05, 0.1) is 5.56 Å². The summed E-state index contributed by atoms with van der Waals surface area (Å²) in [5.74, 6) is 0. The Morgan fingerprint density at radius 2 is 1.32 bits per heavy atom. The third-order valence-corrected chi connectivity index (χ3v) is 2.74. The van der Waals surface area contributed by atoms with Crippen LogP contribution in [0.3, 0.4) is 0 Å². The molecule has 2 unspecified atom stereocenters. The van der Waals surface area contributed by atoms with Gasteiger partial charge >= 0.3 is 12.4 Å². The molecule has 2 nitrogen and oxygen atoms in total. The fourth-order valence-corrected chi connectivity index (χ4v) is 1.60. The van der Waals surface area contributed by atoms with Gasteiger partial charge in [-0.1, -0.05) is 12.1 Å². The highest BCUT2D eigenvalue weighted by Gasteiger charge is 2.57. The van der Waals surface area contributed by atoms with Crippen LogP contribution in [0, 0.1) is 0 Å². The summed E-state index contributed by atoms with van der Waals surface area (Å²) in [6, 6.07) is 0.339. The second-order valence-electron chi connectivity index (χ2n) is 4.13. The lowest BCUT2D eigenvalue weighted by Crippen LogP contribution is -2.54. The summed E-state index contributed by atoms with van der Waals surface area (Å²) < 4.78 is 75.4. The van der Waals surface area contributed by atoms with E-state index in [1.54, 1.807) is 0 Å². The summed E-state index contributed by atoms with van der Waals surface area (Å²) in [7, 11) is 0. The van der Waals surface area contributed by atoms with E-state index in [1.165, 1.54) is 0 Å². The molecule has 0 amide bonds. The minimum atomic E-state index is -5.10. The first-order valence-electron chi connectivity index (χ1n) is 5.13. The molecule has 1 aromatic rings. The molecule has 0 aromatic heterocycles. The van der Waals surface area contributed by atoms with E-state index in [9.17, 15) is 31.4 Å². The third-order valence-electron chi connectivity index (χ3n) is 2.74. The van der Waals surface area contributed by atoms with Crippen molar-refractivity contribution in [2.45, 2.75) is 30.9 Å². The number of halogens is 6. The summed E-state index contributed by atoms with van der Waals surface area (Å²) in [6.07, 6.45) is -9.76. The molecule has 0 radical (unpaired) electrons. The van der Waals surface area contributed by atoms with E-state index in [4.69, 9.17) is 5.73 Å². The van der Waals surface area contributed by atoms with Crippen LogP contribution in [-0.4, -0.2) is 17.3 Å². The zero-order valence-corrected chi connectivity index (χ0v) is 9.68. The highest BCUT2D eigenvalue weighted by Crippen LogP contribution is 2.41. The zero-order chi connectivity index (χ0) is 15.1. The van der Waals surface area contributed by atoms with Crippen molar-refractivity contribution in [1.29, 1.82) is 0 Å². The summed E-state index contributed by atoms with van der Waals surface area (Å²) in [6.45, 7) is 0.922. The van der Waals surface area contributed by atoms with Crippen molar-refractivity contribution in [3.63, 3.8) is 0 Å². The van der Waals surface area contributed by atoms with Crippen LogP contribution in [0.4, 0.5) is 26.3 Å². The molecule has 0 spiro atoms. The molecule has 0 aliphatic heterocycles. The van der Waals surface area contributed by atoms with Crippen LogP contribution in [0.15, 0.2) is 24.3 Å². The molecule has 19 heavy (non-hydrogen) atoms. The summed E-state index contributed by atoms with van der Waals surface area (Å²) >= 11 is 0. The Morgan fingerprint density at radius 1 is 0.947 bits per heavy atom. The molecule has 0 saturated carbocycles. The van der Waals surface area contributed by atoms with Crippen LogP contribution in [-0.2, 0) is 11.8 Å². The van der Waals surface area contributed by atoms with Gasteiger partial charge in [-0.3, -0.25) is 0 Å². The first-order chi connectivity index (χ1) is 8.40. The molecule has 0 aliphatic carbocycles. The Hall–Kier alpha value is -1.28. The van der Waals surface area contributed by atoms with Crippen LogP contribution in [0.1, 0.15) is 18.1 Å². The number of benzene rings is 1. The molecular formula is C11H11F6NO. The Balaban J connectivity index is 3.28. The third kappa shape index (κ3) is 2.84. The molecule has 0 fully saturated rings. The molecule has 8 heteroatoms. The Kier molecular flexibility index (Phi) is 3.88. The molecule has 0 saturated heterocycles. The Morgan fingerprint density at radius 3 is 1.58 bits per heavy atom. The first kappa shape index (κ1) is 15.8. The van der Waals surface area contributed by atoms with Crippen LogP contribution in [0.2, 0.25) is 0 Å². The Labute approximate surface area is 104 Å². The smallest absolute Gasteiger partial charge is 0.375 e. The monoisotopic (exact) mass is 287 g/mol. The van der Waals surface area contributed by atoms with Crippen LogP contribution in [0.5, 0.6) is 0 Å². The topological polar surface area (TPSA) is 46.2 Å². The average molecular weight is 287 g/mol. The summed E-state index contributed by atoms with van der Waals surface area (Å²) in [5, 5.41) is 9.66. The van der Waals surface area contributed by atoms with E-state index >= 15 is 0 Å². The maximum absolute atomic E-state index is 12.8. The lowest BCUT2D eigenvalue weighted by atomic mass is 9.86. The van der Waals surface area contributed by atoms with Gasteiger partial charge in [-0.15, -0.1) is 0 Å². The van der Waals surface area contributed by atoms with Gasteiger partial charge in [-0.05, 0) is 24.6 Å². The number of alkyl halides is 6. The predicted octanol–water partition coefficient (Wildman–Crippen LogP) is 2.80. The van der Waals surface area contributed by atoms with E-state index in [0.29, 0.717) is 24.3 Å². The van der Waals surface area contributed by atoms with E-state index in [1.807, 2.05) is 0 Å². The minimum Gasteiger partial charge on any atom is -0.375 e. The van der Waals surface area contributed by atoms with E-state index in [-0.39, 0.29) is 0 Å². The molecule has 108 valence electrons. The van der Waals surface area contributed by atoms with Gasteiger partial charge in [0.25, 0.3) is 0 Å². The second kappa shape index (κ2) is 4.68. The van der Waals surface area contributed by atoms with Gasteiger partial charge in [-0.2, -0.15) is 26.3 Å². The van der Waals surface area contributed by atoms with Crippen molar-refractivity contribution >= 4 is 0 Å². The fraction of sp³-hybridized carbons (Fsp3) is 0.455. The molecule has 0 heterocycles. The van der Waals surface area contributed by atoms with Gasteiger partial charge in [0.15, 0.2) is 0 Å². The SMILES string of the molecule is CC(N)C(O)(c1ccc(C(F)(F)F)cc1)C(F)(F)F.